The van der Waals surface area contributed by atoms with Crippen LogP contribution in [0.5, 0.6) is 0 Å². The summed E-state index contributed by atoms with van der Waals surface area (Å²) in [6.45, 7) is 5.02. The predicted octanol–water partition coefficient (Wildman–Crippen LogP) is 4.85. The number of aryl methyl sites for hydroxylation is 1. The number of thiophene rings is 1. The molecular weight excluding hydrogens is 423 g/mol. The van der Waals surface area contributed by atoms with Gasteiger partial charge in [0.2, 0.25) is 0 Å². The smallest absolute Gasteiger partial charge is 0.261 e. The standard InChI is InChI=1S/C25H25FN4OS/c1-17-13-22(32-23(17)24(31)28-15-19-3-2-10-27-14-19)30-12-11-29(25(30)20-6-7-20)16-18-4-8-21(26)9-5-18/h2-5,8-10,13-14H,6-7,11-12,15-16H2,1H3,(H,28,31). The maximum Gasteiger partial charge on any atom is 0.261 e. The molecule has 0 atom stereocenters. The van der Waals surface area contributed by atoms with E-state index in [1.54, 1.807) is 23.7 Å². The number of aromatic nitrogens is 1. The van der Waals surface area contributed by atoms with Gasteiger partial charge in [0.05, 0.1) is 9.88 Å². The molecule has 0 unspecified atom stereocenters. The molecule has 2 aromatic heterocycles. The number of amides is 1. The van der Waals surface area contributed by atoms with Gasteiger partial charge in [-0.2, -0.15) is 0 Å². The van der Waals surface area contributed by atoms with Crippen LogP contribution in [0.15, 0.2) is 66.3 Å². The molecule has 0 radical (unpaired) electrons. The van der Waals surface area contributed by atoms with Gasteiger partial charge in [-0.3, -0.25) is 9.78 Å². The summed E-state index contributed by atoms with van der Waals surface area (Å²) in [6, 6.07) is 12.7. The molecule has 1 saturated heterocycles. The number of hydrogen-bond donors (Lipinski definition) is 1. The second-order valence-electron chi connectivity index (χ2n) is 8.27. The van der Waals surface area contributed by atoms with Gasteiger partial charge in [0.15, 0.2) is 0 Å². The van der Waals surface area contributed by atoms with Crippen LogP contribution in [0.3, 0.4) is 0 Å². The highest BCUT2D eigenvalue weighted by Gasteiger charge is 2.34. The highest BCUT2D eigenvalue weighted by Crippen LogP contribution is 2.42. The van der Waals surface area contributed by atoms with Crippen molar-refractivity contribution in [1.29, 1.82) is 0 Å². The van der Waals surface area contributed by atoms with E-state index < -0.39 is 0 Å². The summed E-state index contributed by atoms with van der Waals surface area (Å²) in [5, 5.41) is 4.11. The lowest BCUT2D eigenvalue weighted by Gasteiger charge is -2.24. The van der Waals surface area contributed by atoms with E-state index in [1.807, 2.05) is 31.2 Å². The zero-order chi connectivity index (χ0) is 22.1. The molecule has 1 amide bonds. The summed E-state index contributed by atoms with van der Waals surface area (Å²) in [6.07, 6.45) is 5.73. The number of anilines is 1. The zero-order valence-electron chi connectivity index (χ0n) is 18.0. The molecule has 5 rings (SSSR count). The molecule has 1 aromatic carbocycles. The maximum atomic E-state index is 13.3. The lowest BCUT2D eigenvalue weighted by Crippen LogP contribution is -2.23. The lowest BCUT2D eigenvalue weighted by molar-refractivity contribution is 0.0954. The van der Waals surface area contributed by atoms with E-state index in [9.17, 15) is 9.18 Å². The first-order valence-corrected chi connectivity index (χ1v) is 11.7. The number of benzene rings is 1. The molecule has 1 saturated carbocycles. The van der Waals surface area contributed by atoms with Crippen LogP contribution >= 0.6 is 11.3 Å². The third kappa shape index (κ3) is 4.39. The van der Waals surface area contributed by atoms with Crippen LogP contribution in [0.2, 0.25) is 0 Å². The number of hydrogen-bond acceptors (Lipinski definition) is 5. The van der Waals surface area contributed by atoms with Gasteiger partial charge in [-0.05, 0) is 66.3 Å². The summed E-state index contributed by atoms with van der Waals surface area (Å²) in [5.74, 6) is 1.00. The molecule has 3 heterocycles. The third-order valence-electron chi connectivity index (χ3n) is 5.80. The fourth-order valence-corrected chi connectivity index (χ4v) is 5.19. The summed E-state index contributed by atoms with van der Waals surface area (Å²) >= 11 is 1.55. The van der Waals surface area contributed by atoms with Crippen LogP contribution in [0.25, 0.3) is 0 Å². The minimum absolute atomic E-state index is 0.0504. The van der Waals surface area contributed by atoms with Crippen molar-refractivity contribution in [1.82, 2.24) is 15.2 Å². The van der Waals surface area contributed by atoms with E-state index in [0.29, 0.717) is 6.54 Å². The average molecular weight is 449 g/mol. The molecule has 0 bridgehead atoms. The molecule has 5 nitrogen and oxygen atoms in total. The van der Waals surface area contributed by atoms with E-state index in [0.717, 1.165) is 59.0 Å². The number of nitrogens with zero attached hydrogens (tertiary/aromatic N) is 3. The van der Waals surface area contributed by atoms with Crippen LogP contribution < -0.4 is 10.2 Å². The number of carbonyl (C=O) groups excluding carboxylic acids is 1. The fourth-order valence-electron chi connectivity index (χ4n) is 4.07. The molecule has 1 N–H and O–H groups in total. The van der Waals surface area contributed by atoms with Gasteiger partial charge < -0.3 is 15.1 Å². The first-order chi connectivity index (χ1) is 15.6. The predicted molar refractivity (Wildman–Crippen MR) is 125 cm³/mol. The second kappa shape index (κ2) is 8.74. The van der Waals surface area contributed by atoms with Crippen LogP contribution in [0.4, 0.5) is 9.39 Å². The van der Waals surface area contributed by atoms with Gasteiger partial charge in [-0.1, -0.05) is 18.2 Å². The van der Waals surface area contributed by atoms with Crippen molar-refractivity contribution in [3.8, 4) is 0 Å². The van der Waals surface area contributed by atoms with Crippen LogP contribution in [-0.4, -0.2) is 28.9 Å². The quantitative estimate of drug-likeness (QED) is 0.586. The number of pyridine rings is 1. The Hall–Kier alpha value is -3.19. The molecule has 1 aliphatic carbocycles. The Morgan fingerprint density at radius 1 is 1.16 bits per heavy atom. The van der Waals surface area contributed by atoms with Crippen molar-refractivity contribution in [2.45, 2.75) is 32.9 Å². The summed E-state index contributed by atoms with van der Waals surface area (Å²) in [5.41, 5.74) is 4.53. The van der Waals surface area contributed by atoms with Crippen LogP contribution in [0, 0.1) is 12.7 Å². The molecular formula is C25H25FN4OS. The number of allylic oxidation sites excluding steroid dienone is 1. The molecule has 7 heteroatoms. The third-order valence-corrected chi connectivity index (χ3v) is 7.06. The van der Waals surface area contributed by atoms with Gasteiger partial charge in [-0.15, -0.1) is 11.3 Å². The first-order valence-electron chi connectivity index (χ1n) is 10.8. The summed E-state index contributed by atoms with van der Waals surface area (Å²) in [7, 11) is 0. The van der Waals surface area contributed by atoms with Crippen molar-refractivity contribution in [2.24, 2.45) is 0 Å². The monoisotopic (exact) mass is 448 g/mol. The van der Waals surface area contributed by atoms with Gasteiger partial charge in [0, 0.05) is 38.6 Å². The molecule has 164 valence electrons. The van der Waals surface area contributed by atoms with E-state index in [2.05, 4.69) is 26.2 Å². The Bertz CT molecular complexity index is 1150. The topological polar surface area (TPSA) is 48.5 Å². The van der Waals surface area contributed by atoms with E-state index >= 15 is 0 Å². The average Bonchev–Trinajstić information content (AvgIpc) is 3.45. The molecule has 2 fully saturated rings. The SMILES string of the molecule is Cc1cc(N2CCN(Cc3ccc(F)cc3)C2=C2CC2)sc1C(=O)NCc1cccnc1. The normalized spacial score (nSPS) is 15.4. The number of halogens is 1. The van der Waals surface area contributed by atoms with E-state index in [1.165, 1.54) is 23.5 Å². The molecule has 2 aliphatic rings. The molecule has 32 heavy (non-hydrogen) atoms. The van der Waals surface area contributed by atoms with Crippen molar-refractivity contribution in [2.75, 3.05) is 18.0 Å². The first kappa shape index (κ1) is 20.7. The largest absolute Gasteiger partial charge is 0.352 e. The highest BCUT2D eigenvalue weighted by atomic mass is 32.1. The maximum absolute atomic E-state index is 13.3. The van der Waals surface area contributed by atoms with Crippen LogP contribution in [0.1, 0.15) is 39.2 Å². The van der Waals surface area contributed by atoms with Crippen molar-refractivity contribution in [3.05, 3.63) is 93.6 Å². The Morgan fingerprint density at radius 2 is 1.97 bits per heavy atom. The Labute approximate surface area is 191 Å². The number of carbonyl (C=O) groups is 1. The molecule has 1 aliphatic heterocycles. The minimum atomic E-state index is -0.207. The van der Waals surface area contributed by atoms with E-state index in [4.69, 9.17) is 0 Å². The Balaban J connectivity index is 1.32. The van der Waals surface area contributed by atoms with Gasteiger partial charge in [0.25, 0.3) is 5.91 Å². The number of rotatable bonds is 6. The van der Waals surface area contributed by atoms with Gasteiger partial charge in [-0.25, -0.2) is 4.39 Å². The lowest BCUT2D eigenvalue weighted by atomic mass is 10.2. The second-order valence-corrected chi connectivity index (χ2v) is 9.30. The molecule has 0 spiro atoms. The van der Waals surface area contributed by atoms with Crippen molar-refractivity contribution < 1.29 is 9.18 Å². The van der Waals surface area contributed by atoms with Crippen LogP contribution in [-0.2, 0) is 13.1 Å². The fraction of sp³-hybridized carbons (Fsp3) is 0.280. The van der Waals surface area contributed by atoms with Gasteiger partial charge >= 0.3 is 0 Å². The zero-order valence-corrected chi connectivity index (χ0v) is 18.8. The van der Waals surface area contributed by atoms with Crippen molar-refractivity contribution in [3.63, 3.8) is 0 Å². The summed E-state index contributed by atoms with van der Waals surface area (Å²) < 4.78 is 13.3. The molecule has 3 aromatic rings. The highest BCUT2D eigenvalue weighted by molar-refractivity contribution is 7.18. The van der Waals surface area contributed by atoms with E-state index in [-0.39, 0.29) is 11.7 Å². The Kier molecular flexibility index (Phi) is 5.66. The number of nitrogens with one attached hydrogen (secondary N) is 1. The van der Waals surface area contributed by atoms with Gasteiger partial charge in [0.1, 0.15) is 11.6 Å². The summed E-state index contributed by atoms with van der Waals surface area (Å²) in [4.78, 5) is 22.4. The van der Waals surface area contributed by atoms with Crippen molar-refractivity contribution >= 4 is 22.2 Å². The minimum Gasteiger partial charge on any atom is -0.352 e. The Morgan fingerprint density at radius 3 is 2.69 bits per heavy atom.